The third kappa shape index (κ3) is 3.14. The number of aryl methyl sites for hydroxylation is 1. The van der Waals surface area contributed by atoms with Crippen LogP contribution in [0.25, 0.3) is 0 Å². The smallest absolute Gasteiger partial charge is 0.256 e. The average molecular weight is 298 g/mol. The molecule has 0 saturated carbocycles. The normalized spacial score (nSPS) is 11.0. The zero-order chi connectivity index (χ0) is 15.6. The van der Waals surface area contributed by atoms with Gasteiger partial charge in [0.05, 0.1) is 5.56 Å². The van der Waals surface area contributed by atoms with Crippen LogP contribution in [-0.4, -0.2) is 5.91 Å². The number of amides is 1. The van der Waals surface area contributed by atoms with Crippen LogP contribution in [0.1, 0.15) is 47.8 Å². The minimum absolute atomic E-state index is 0.118. The molecular formula is C17H18N2OS. The Morgan fingerprint density at radius 2 is 1.95 bits per heavy atom. The number of anilines is 1. The minimum atomic E-state index is -0.174. The quantitative estimate of drug-likeness (QED) is 0.888. The molecule has 0 aliphatic rings. The molecule has 0 radical (unpaired) electrons. The summed E-state index contributed by atoms with van der Waals surface area (Å²) < 4.78 is 0. The van der Waals surface area contributed by atoms with E-state index in [0.717, 1.165) is 11.1 Å². The largest absolute Gasteiger partial charge is 0.312 e. The number of hydrogen-bond donors (Lipinski definition) is 1. The second-order valence-electron chi connectivity index (χ2n) is 5.98. The van der Waals surface area contributed by atoms with Crippen LogP contribution >= 0.6 is 11.3 Å². The Bertz CT molecular complexity index is 717. The van der Waals surface area contributed by atoms with Crippen LogP contribution in [0.15, 0.2) is 29.6 Å². The van der Waals surface area contributed by atoms with Gasteiger partial charge in [0.15, 0.2) is 0 Å². The summed E-state index contributed by atoms with van der Waals surface area (Å²) in [6.45, 7) is 8.07. The molecule has 2 aromatic rings. The molecule has 0 bridgehead atoms. The predicted molar refractivity (Wildman–Crippen MR) is 86.9 cm³/mol. The Morgan fingerprint density at radius 1 is 1.29 bits per heavy atom. The molecule has 0 fully saturated rings. The lowest BCUT2D eigenvalue weighted by molar-refractivity contribution is 0.102. The van der Waals surface area contributed by atoms with Crippen molar-refractivity contribution in [3.05, 3.63) is 51.9 Å². The molecule has 1 N–H and O–H groups in total. The fourth-order valence-electron chi connectivity index (χ4n) is 2.11. The lowest BCUT2D eigenvalue weighted by Crippen LogP contribution is -2.15. The molecule has 1 heterocycles. The van der Waals surface area contributed by atoms with Crippen LogP contribution in [0, 0.1) is 18.3 Å². The van der Waals surface area contributed by atoms with Gasteiger partial charge in [-0.15, -0.1) is 11.3 Å². The van der Waals surface area contributed by atoms with Crippen molar-refractivity contribution in [2.24, 2.45) is 0 Å². The third-order valence-electron chi connectivity index (χ3n) is 3.33. The van der Waals surface area contributed by atoms with Crippen LogP contribution in [0.3, 0.4) is 0 Å². The number of hydrogen-bond acceptors (Lipinski definition) is 3. The van der Waals surface area contributed by atoms with E-state index in [-0.39, 0.29) is 11.3 Å². The van der Waals surface area contributed by atoms with Gasteiger partial charge in [0, 0.05) is 5.56 Å². The Balaban J connectivity index is 2.34. The van der Waals surface area contributed by atoms with Crippen molar-refractivity contribution < 1.29 is 4.79 Å². The fraction of sp³-hybridized carbons (Fsp3) is 0.294. The highest BCUT2D eigenvalue weighted by Crippen LogP contribution is 2.35. The average Bonchev–Trinajstić information content (AvgIpc) is 2.81. The second-order valence-corrected chi connectivity index (χ2v) is 6.86. The molecule has 0 saturated heterocycles. The van der Waals surface area contributed by atoms with Crippen molar-refractivity contribution in [2.75, 3.05) is 5.32 Å². The number of benzene rings is 1. The third-order valence-corrected chi connectivity index (χ3v) is 4.22. The number of nitrogens with one attached hydrogen (secondary N) is 1. The summed E-state index contributed by atoms with van der Waals surface area (Å²) >= 11 is 1.40. The molecule has 4 heteroatoms. The van der Waals surface area contributed by atoms with E-state index in [2.05, 4.69) is 32.2 Å². The van der Waals surface area contributed by atoms with Gasteiger partial charge >= 0.3 is 0 Å². The van der Waals surface area contributed by atoms with Crippen molar-refractivity contribution >= 4 is 22.2 Å². The molecule has 0 aliphatic carbocycles. The summed E-state index contributed by atoms with van der Waals surface area (Å²) in [5.41, 5.74) is 2.96. The Morgan fingerprint density at radius 3 is 2.52 bits per heavy atom. The van der Waals surface area contributed by atoms with Crippen molar-refractivity contribution in [3.8, 4) is 6.07 Å². The summed E-state index contributed by atoms with van der Waals surface area (Å²) in [5, 5.41) is 14.8. The fourth-order valence-corrected chi connectivity index (χ4v) is 3.24. The van der Waals surface area contributed by atoms with Gasteiger partial charge in [0.2, 0.25) is 0 Å². The van der Waals surface area contributed by atoms with Crippen molar-refractivity contribution in [1.82, 2.24) is 0 Å². The first-order chi connectivity index (χ1) is 9.84. The minimum Gasteiger partial charge on any atom is -0.312 e. The van der Waals surface area contributed by atoms with E-state index in [1.165, 1.54) is 11.3 Å². The molecule has 108 valence electrons. The van der Waals surface area contributed by atoms with Crippen LogP contribution < -0.4 is 5.32 Å². The summed E-state index contributed by atoms with van der Waals surface area (Å²) in [6.07, 6.45) is 0. The maximum atomic E-state index is 12.3. The van der Waals surface area contributed by atoms with Crippen molar-refractivity contribution in [1.29, 1.82) is 5.26 Å². The molecule has 1 aromatic heterocycles. The van der Waals surface area contributed by atoms with E-state index in [0.29, 0.717) is 16.1 Å². The first-order valence-electron chi connectivity index (χ1n) is 6.73. The van der Waals surface area contributed by atoms with E-state index in [9.17, 15) is 10.1 Å². The van der Waals surface area contributed by atoms with E-state index in [1.54, 1.807) is 6.07 Å². The standard InChI is InChI=1S/C17H18N2OS/c1-11-7-5-6-8-12(11)15(20)19-16-13(9-18)14(10-21-16)17(2,3)4/h5-8,10H,1-4H3,(H,19,20). The Hall–Kier alpha value is -2.12. The predicted octanol–water partition coefficient (Wildman–Crippen LogP) is 4.48. The highest BCUT2D eigenvalue weighted by molar-refractivity contribution is 7.14. The molecule has 1 aromatic carbocycles. The lowest BCUT2D eigenvalue weighted by atomic mass is 9.86. The van der Waals surface area contributed by atoms with Gasteiger partial charge in [-0.05, 0) is 34.9 Å². The maximum Gasteiger partial charge on any atom is 0.256 e. The van der Waals surface area contributed by atoms with Crippen LogP contribution in [-0.2, 0) is 5.41 Å². The van der Waals surface area contributed by atoms with Crippen LogP contribution in [0.4, 0.5) is 5.00 Å². The monoisotopic (exact) mass is 298 g/mol. The van der Waals surface area contributed by atoms with Gasteiger partial charge in [0.1, 0.15) is 11.1 Å². The molecule has 3 nitrogen and oxygen atoms in total. The van der Waals surface area contributed by atoms with Gasteiger partial charge in [-0.3, -0.25) is 4.79 Å². The van der Waals surface area contributed by atoms with Gasteiger partial charge in [-0.2, -0.15) is 5.26 Å². The first-order valence-corrected chi connectivity index (χ1v) is 7.61. The zero-order valence-electron chi connectivity index (χ0n) is 12.7. The number of carbonyl (C=O) groups is 1. The SMILES string of the molecule is Cc1ccccc1C(=O)Nc1scc(C(C)(C)C)c1C#N. The molecule has 0 atom stereocenters. The van der Waals surface area contributed by atoms with Crippen molar-refractivity contribution in [3.63, 3.8) is 0 Å². The molecule has 1 amide bonds. The molecule has 0 aliphatic heterocycles. The highest BCUT2D eigenvalue weighted by atomic mass is 32.1. The molecule has 2 rings (SSSR count). The van der Waals surface area contributed by atoms with Crippen LogP contribution in [0.2, 0.25) is 0 Å². The Kier molecular flexibility index (Phi) is 4.15. The van der Waals surface area contributed by atoms with Gasteiger partial charge in [0.25, 0.3) is 5.91 Å². The highest BCUT2D eigenvalue weighted by Gasteiger charge is 2.23. The second kappa shape index (κ2) is 5.71. The number of nitriles is 1. The summed E-state index contributed by atoms with van der Waals surface area (Å²) in [6, 6.07) is 9.64. The zero-order valence-corrected chi connectivity index (χ0v) is 13.5. The molecule has 21 heavy (non-hydrogen) atoms. The number of thiophene rings is 1. The van der Waals surface area contributed by atoms with E-state index < -0.39 is 0 Å². The Labute approximate surface area is 129 Å². The summed E-state index contributed by atoms with van der Waals surface area (Å²) in [4.78, 5) is 12.3. The number of nitrogens with zero attached hydrogens (tertiary/aromatic N) is 1. The van der Waals surface area contributed by atoms with E-state index >= 15 is 0 Å². The number of carbonyl (C=O) groups excluding carboxylic acids is 1. The summed E-state index contributed by atoms with van der Waals surface area (Å²) in [7, 11) is 0. The van der Waals surface area contributed by atoms with Gasteiger partial charge < -0.3 is 5.32 Å². The maximum absolute atomic E-state index is 12.3. The molecule has 0 spiro atoms. The van der Waals surface area contributed by atoms with Gasteiger partial charge in [-0.25, -0.2) is 0 Å². The number of rotatable bonds is 2. The van der Waals surface area contributed by atoms with Crippen LogP contribution in [0.5, 0.6) is 0 Å². The van der Waals surface area contributed by atoms with E-state index in [1.807, 2.05) is 30.5 Å². The first kappa shape index (κ1) is 15.3. The van der Waals surface area contributed by atoms with Crippen molar-refractivity contribution in [2.45, 2.75) is 33.1 Å². The summed E-state index contributed by atoms with van der Waals surface area (Å²) in [5.74, 6) is -0.174. The topological polar surface area (TPSA) is 52.9 Å². The van der Waals surface area contributed by atoms with E-state index in [4.69, 9.17) is 0 Å². The molecular weight excluding hydrogens is 280 g/mol. The molecule has 0 unspecified atom stereocenters. The lowest BCUT2D eigenvalue weighted by Gasteiger charge is -2.17. The van der Waals surface area contributed by atoms with Gasteiger partial charge in [-0.1, -0.05) is 39.0 Å².